The second-order valence-electron chi connectivity index (χ2n) is 2.93. The smallest absolute Gasteiger partial charge is 0.237 e. The molecule has 1 aromatic heterocycles. The fourth-order valence-corrected chi connectivity index (χ4v) is 1.15. The number of carbonyl (C=O) groups is 1. The molecule has 0 aliphatic heterocycles. The number of benzene rings is 1. The minimum Gasteiger partial charge on any atom is -0.438 e. The monoisotopic (exact) mass is 215 g/mol. The molecule has 0 radical (unpaired) electrons. The number of anilines is 1. The molecule has 0 saturated carbocycles. The van der Waals surface area contributed by atoms with E-state index >= 15 is 0 Å². The van der Waals surface area contributed by atoms with Crippen LogP contribution in [0, 0.1) is 0 Å². The second-order valence-corrected chi connectivity index (χ2v) is 2.93. The summed E-state index contributed by atoms with van der Waals surface area (Å²) in [5.74, 6) is 1.07. The topological polar surface area (TPSA) is 64.1 Å². The van der Waals surface area contributed by atoms with Gasteiger partial charge in [0.1, 0.15) is 5.75 Å². The molecule has 2 aromatic rings. The van der Waals surface area contributed by atoms with E-state index in [0.717, 1.165) is 0 Å². The number of hydrogen-bond acceptors (Lipinski definition) is 4. The molecule has 0 unspecified atom stereocenters. The lowest BCUT2D eigenvalue weighted by Gasteiger charge is -2.04. The van der Waals surface area contributed by atoms with Crippen molar-refractivity contribution < 1.29 is 9.53 Å². The molecule has 0 aliphatic carbocycles. The summed E-state index contributed by atoms with van der Waals surface area (Å²) in [7, 11) is 0. The highest BCUT2D eigenvalue weighted by Gasteiger charge is 1.97. The number of amides is 1. The zero-order valence-corrected chi connectivity index (χ0v) is 8.33. The van der Waals surface area contributed by atoms with Gasteiger partial charge in [0.05, 0.1) is 6.20 Å². The maximum Gasteiger partial charge on any atom is 0.237 e. The van der Waals surface area contributed by atoms with Crippen LogP contribution in [-0.2, 0) is 4.79 Å². The first-order chi connectivity index (χ1) is 7.88. The van der Waals surface area contributed by atoms with E-state index in [2.05, 4.69) is 15.3 Å². The molecule has 2 rings (SSSR count). The molecule has 1 N–H and O–H groups in total. The lowest BCUT2D eigenvalue weighted by Crippen LogP contribution is -1.93. The molecule has 5 heteroatoms. The SMILES string of the molecule is O=CNc1ccc(Oc2cnccn2)cc1. The van der Waals surface area contributed by atoms with E-state index in [9.17, 15) is 4.79 Å². The molecule has 0 atom stereocenters. The van der Waals surface area contributed by atoms with Gasteiger partial charge in [-0.1, -0.05) is 0 Å². The van der Waals surface area contributed by atoms with Crippen LogP contribution in [0.4, 0.5) is 5.69 Å². The summed E-state index contributed by atoms with van der Waals surface area (Å²) in [4.78, 5) is 18.0. The van der Waals surface area contributed by atoms with Crippen molar-refractivity contribution in [3.8, 4) is 11.6 Å². The molecule has 1 aromatic carbocycles. The first kappa shape index (κ1) is 10.1. The van der Waals surface area contributed by atoms with E-state index in [4.69, 9.17) is 4.74 Å². The van der Waals surface area contributed by atoms with Gasteiger partial charge in [0.15, 0.2) is 0 Å². The van der Waals surface area contributed by atoms with E-state index < -0.39 is 0 Å². The average Bonchev–Trinajstić information content (AvgIpc) is 2.33. The van der Waals surface area contributed by atoms with Gasteiger partial charge >= 0.3 is 0 Å². The first-order valence-electron chi connectivity index (χ1n) is 4.62. The molecule has 16 heavy (non-hydrogen) atoms. The van der Waals surface area contributed by atoms with Crippen LogP contribution in [0.15, 0.2) is 42.9 Å². The maximum atomic E-state index is 10.2. The van der Waals surface area contributed by atoms with Crippen molar-refractivity contribution in [2.24, 2.45) is 0 Å². The van der Waals surface area contributed by atoms with Crippen molar-refractivity contribution in [2.75, 3.05) is 5.32 Å². The van der Waals surface area contributed by atoms with Crippen LogP contribution in [0.2, 0.25) is 0 Å². The van der Waals surface area contributed by atoms with Crippen molar-refractivity contribution in [1.82, 2.24) is 9.97 Å². The summed E-state index contributed by atoms with van der Waals surface area (Å²) in [6.45, 7) is 0. The Morgan fingerprint density at radius 2 is 2.00 bits per heavy atom. The van der Waals surface area contributed by atoms with Crippen molar-refractivity contribution in [1.29, 1.82) is 0 Å². The first-order valence-corrected chi connectivity index (χ1v) is 4.62. The van der Waals surface area contributed by atoms with Crippen LogP contribution < -0.4 is 10.1 Å². The molecule has 0 bridgehead atoms. The van der Waals surface area contributed by atoms with Gasteiger partial charge in [-0.05, 0) is 24.3 Å². The third-order valence-electron chi connectivity index (χ3n) is 1.84. The van der Waals surface area contributed by atoms with Gasteiger partial charge in [0.25, 0.3) is 0 Å². The summed E-state index contributed by atoms with van der Waals surface area (Å²) < 4.78 is 5.42. The lowest BCUT2D eigenvalue weighted by molar-refractivity contribution is -0.105. The Labute approximate surface area is 92.1 Å². The van der Waals surface area contributed by atoms with Crippen LogP contribution >= 0.6 is 0 Å². The molecule has 0 spiro atoms. The second kappa shape index (κ2) is 4.88. The molecule has 1 amide bonds. The Morgan fingerprint density at radius 3 is 2.62 bits per heavy atom. The molecule has 0 saturated heterocycles. The Kier molecular flexibility index (Phi) is 3.08. The minimum atomic E-state index is 0.429. The standard InChI is InChI=1S/C11H9N3O2/c15-8-14-9-1-3-10(4-2-9)16-11-7-12-5-6-13-11/h1-8H,(H,14,15). The quantitative estimate of drug-likeness (QED) is 0.790. The predicted octanol–water partition coefficient (Wildman–Crippen LogP) is 1.84. The average molecular weight is 215 g/mol. The van der Waals surface area contributed by atoms with Crippen LogP contribution in [0.5, 0.6) is 11.6 Å². The highest BCUT2D eigenvalue weighted by molar-refractivity contribution is 5.71. The van der Waals surface area contributed by atoms with Crippen LogP contribution in [-0.4, -0.2) is 16.4 Å². The minimum absolute atomic E-state index is 0.429. The number of carbonyl (C=O) groups excluding carboxylic acids is 1. The molecule has 80 valence electrons. The Balaban J connectivity index is 2.08. The van der Waals surface area contributed by atoms with Gasteiger partial charge in [-0.3, -0.25) is 9.78 Å². The van der Waals surface area contributed by atoms with Crippen molar-refractivity contribution in [2.45, 2.75) is 0 Å². The van der Waals surface area contributed by atoms with Crippen molar-refractivity contribution in [3.05, 3.63) is 42.9 Å². The Morgan fingerprint density at radius 1 is 1.19 bits per heavy atom. The van der Waals surface area contributed by atoms with Gasteiger partial charge in [-0.25, -0.2) is 4.98 Å². The van der Waals surface area contributed by atoms with E-state index in [1.165, 1.54) is 6.20 Å². The lowest BCUT2D eigenvalue weighted by atomic mass is 10.3. The van der Waals surface area contributed by atoms with Crippen molar-refractivity contribution in [3.63, 3.8) is 0 Å². The van der Waals surface area contributed by atoms with Gasteiger partial charge in [-0.2, -0.15) is 0 Å². The summed E-state index contributed by atoms with van der Waals surface area (Å²) in [6.07, 6.45) is 5.28. The van der Waals surface area contributed by atoms with Crippen LogP contribution in [0.25, 0.3) is 0 Å². The number of ether oxygens (including phenoxy) is 1. The van der Waals surface area contributed by atoms with Gasteiger partial charge in [-0.15, -0.1) is 0 Å². The summed E-state index contributed by atoms with van der Waals surface area (Å²) in [5, 5.41) is 2.53. The Bertz CT molecular complexity index is 456. The van der Waals surface area contributed by atoms with Gasteiger partial charge in [0, 0.05) is 18.1 Å². The van der Waals surface area contributed by atoms with Gasteiger partial charge < -0.3 is 10.1 Å². The predicted molar refractivity (Wildman–Crippen MR) is 58.2 cm³/mol. The van der Waals surface area contributed by atoms with Crippen LogP contribution in [0.1, 0.15) is 0 Å². The molecule has 1 heterocycles. The molecule has 0 aliphatic rings. The van der Waals surface area contributed by atoms with E-state index in [-0.39, 0.29) is 0 Å². The number of hydrogen-bond donors (Lipinski definition) is 1. The highest BCUT2D eigenvalue weighted by Crippen LogP contribution is 2.20. The number of nitrogens with zero attached hydrogens (tertiary/aromatic N) is 2. The van der Waals surface area contributed by atoms with E-state index in [1.807, 2.05) is 0 Å². The largest absolute Gasteiger partial charge is 0.438 e. The Hall–Kier alpha value is -2.43. The van der Waals surface area contributed by atoms with Crippen molar-refractivity contribution >= 4 is 12.1 Å². The van der Waals surface area contributed by atoms with Crippen LogP contribution in [0.3, 0.4) is 0 Å². The van der Waals surface area contributed by atoms with Gasteiger partial charge in [0.2, 0.25) is 12.3 Å². The highest BCUT2D eigenvalue weighted by atomic mass is 16.5. The maximum absolute atomic E-state index is 10.2. The summed E-state index contributed by atoms with van der Waals surface area (Å²) >= 11 is 0. The summed E-state index contributed by atoms with van der Waals surface area (Å²) in [5.41, 5.74) is 0.710. The van der Waals surface area contributed by atoms with E-state index in [0.29, 0.717) is 23.7 Å². The number of nitrogens with one attached hydrogen (secondary N) is 1. The summed E-state index contributed by atoms with van der Waals surface area (Å²) in [6, 6.07) is 6.95. The zero-order valence-electron chi connectivity index (χ0n) is 8.33. The fraction of sp³-hybridized carbons (Fsp3) is 0. The molecule has 0 fully saturated rings. The molecule has 5 nitrogen and oxygen atoms in total. The third kappa shape index (κ3) is 2.54. The number of aromatic nitrogens is 2. The third-order valence-corrected chi connectivity index (χ3v) is 1.84. The fourth-order valence-electron chi connectivity index (χ4n) is 1.15. The number of rotatable bonds is 4. The normalized spacial score (nSPS) is 9.50. The zero-order chi connectivity index (χ0) is 11.2. The molecular weight excluding hydrogens is 206 g/mol. The van der Waals surface area contributed by atoms with E-state index in [1.54, 1.807) is 36.7 Å². The molecular formula is C11H9N3O2.